The number of carbonyl (C=O) groups is 1. The number of carbonyl (C=O) groups excluding carboxylic acids is 1. The lowest BCUT2D eigenvalue weighted by atomic mass is 9.97. The van der Waals surface area contributed by atoms with Crippen molar-refractivity contribution in [1.29, 1.82) is 0 Å². The van der Waals surface area contributed by atoms with Crippen LogP contribution >= 0.6 is 0 Å². The van der Waals surface area contributed by atoms with Crippen LogP contribution < -0.4 is 11.2 Å². The van der Waals surface area contributed by atoms with Gasteiger partial charge in [0.05, 0.1) is 0 Å². The normalized spacial score (nSPS) is 18.4. The Hall–Kier alpha value is -2.64. The van der Waals surface area contributed by atoms with Crippen LogP contribution in [-0.2, 0) is 0 Å². The molecule has 1 aliphatic heterocycles. The number of likely N-dealkylation sites (tertiary alicyclic amines) is 1. The summed E-state index contributed by atoms with van der Waals surface area (Å²) in [6, 6.07) is 1.12. The molecule has 2 aromatic heterocycles. The second-order valence-electron chi connectivity index (χ2n) is 5.54. The molecule has 1 saturated heterocycles. The Morgan fingerprint density at radius 3 is 2.82 bits per heavy atom. The van der Waals surface area contributed by atoms with E-state index in [1.165, 1.54) is 0 Å². The smallest absolute Gasteiger partial charge is 0.326 e. The molecule has 8 heteroatoms. The van der Waals surface area contributed by atoms with Gasteiger partial charge in [-0.15, -0.1) is 0 Å². The number of aromatic nitrogens is 4. The van der Waals surface area contributed by atoms with Gasteiger partial charge in [-0.2, -0.15) is 0 Å². The fourth-order valence-corrected chi connectivity index (χ4v) is 2.78. The molecule has 0 saturated carbocycles. The number of hydrogen-bond acceptors (Lipinski definition) is 4. The molecule has 1 unspecified atom stereocenters. The number of piperidine rings is 1. The molecule has 0 bridgehead atoms. The van der Waals surface area contributed by atoms with Gasteiger partial charge in [-0.1, -0.05) is 0 Å². The van der Waals surface area contributed by atoms with E-state index in [1.54, 1.807) is 11.1 Å². The molecular formula is C14H17N5O3. The third kappa shape index (κ3) is 2.85. The summed E-state index contributed by atoms with van der Waals surface area (Å²) in [5.74, 6) is 0.672. The summed E-state index contributed by atoms with van der Waals surface area (Å²) in [6.45, 7) is 3.05. The van der Waals surface area contributed by atoms with Crippen molar-refractivity contribution in [1.82, 2.24) is 24.8 Å². The molecule has 1 amide bonds. The molecule has 1 fully saturated rings. The van der Waals surface area contributed by atoms with Crippen molar-refractivity contribution >= 4 is 5.91 Å². The van der Waals surface area contributed by atoms with Gasteiger partial charge in [0.15, 0.2) is 0 Å². The van der Waals surface area contributed by atoms with Crippen molar-refractivity contribution in [3.8, 4) is 0 Å². The highest BCUT2D eigenvalue weighted by atomic mass is 16.2. The zero-order valence-corrected chi connectivity index (χ0v) is 12.2. The molecule has 1 atom stereocenters. The monoisotopic (exact) mass is 303 g/mol. The second-order valence-corrected chi connectivity index (χ2v) is 5.54. The highest BCUT2D eigenvalue weighted by Crippen LogP contribution is 2.25. The van der Waals surface area contributed by atoms with E-state index in [2.05, 4.69) is 19.9 Å². The number of imidazole rings is 1. The fourth-order valence-electron chi connectivity index (χ4n) is 2.78. The van der Waals surface area contributed by atoms with Gasteiger partial charge in [0.25, 0.3) is 11.5 Å². The van der Waals surface area contributed by atoms with Crippen LogP contribution in [0.5, 0.6) is 0 Å². The molecule has 1 aliphatic rings. The maximum absolute atomic E-state index is 12.5. The molecule has 8 nitrogen and oxygen atoms in total. The van der Waals surface area contributed by atoms with Gasteiger partial charge in [0, 0.05) is 37.0 Å². The number of amides is 1. The highest BCUT2D eigenvalue weighted by molar-refractivity contribution is 5.92. The minimum Gasteiger partial charge on any atom is -0.346 e. The Morgan fingerprint density at radius 1 is 1.32 bits per heavy atom. The van der Waals surface area contributed by atoms with Crippen molar-refractivity contribution in [3.05, 3.63) is 50.3 Å². The first-order valence-electron chi connectivity index (χ1n) is 7.17. The van der Waals surface area contributed by atoms with Crippen LogP contribution in [0.1, 0.15) is 40.8 Å². The van der Waals surface area contributed by atoms with E-state index in [0.717, 1.165) is 30.4 Å². The fraction of sp³-hybridized carbons (Fsp3) is 0.429. The minimum absolute atomic E-state index is 0.0185. The summed E-state index contributed by atoms with van der Waals surface area (Å²) in [4.78, 5) is 48.7. The van der Waals surface area contributed by atoms with Gasteiger partial charge >= 0.3 is 5.69 Å². The standard InChI is InChI=1S/C14H17N5O3/c1-8-6-15-12(16-8)9-3-2-4-19(7-9)13(21)10-5-11(20)18-14(22)17-10/h5-6,9H,2-4,7H2,1H3,(H,15,16)(H2,17,18,20,22). The molecule has 2 aromatic rings. The van der Waals surface area contributed by atoms with Crippen LogP contribution in [0.25, 0.3) is 0 Å². The van der Waals surface area contributed by atoms with E-state index in [1.807, 2.05) is 6.92 Å². The van der Waals surface area contributed by atoms with E-state index in [-0.39, 0.29) is 17.5 Å². The molecule has 0 aromatic carbocycles. The first-order valence-corrected chi connectivity index (χ1v) is 7.17. The number of nitrogens with zero attached hydrogens (tertiary/aromatic N) is 2. The van der Waals surface area contributed by atoms with E-state index < -0.39 is 11.2 Å². The molecule has 3 N–H and O–H groups in total. The molecule has 0 aliphatic carbocycles. The quantitative estimate of drug-likeness (QED) is 0.730. The average molecular weight is 303 g/mol. The SMILES string of the molecule is Cc1cnc(C2CCCN(C(=O)c3cc(=O)[nH]c(=O)[nH]3)C2)[nH]1. The Kier molecular flexibility index (Phi) is 3.66. The van der Waals surface area contributed by atoms with Gasteiger partial charge in [-0.25, -0.2) is 9.78 Å². The minimum atomic E-state index is -0.675. The van der Waals surface area contributed by atoms with Crippen molar-refractivity contribution in [2.24, 2.45) is 0 Å². The summed E-state index contributed by atoms with van der Waals surface area (Å²) in [7, 11) is 0. The topological polar surface area (TPSA) is 115 Å². The Bertz CT molecular complexity index is 775. The predicted molar refractivity (Wildman–Crippen MR) is 78.9 cm³/mol. The molecule has 22 heavy (non-hydrogen) atoms. The van der Waals surface area contributed by atoms with Crippen LogP contribution in [0.3, 0.4) is 0 Å². The summed E-state index contributed by atoms with van der Waals surface area (Å²) in [6.07, 6.45) is 3.57. The van der Waals surface area contributed by atoms with Gasteiger partial charge < -0.3 is 14.9 Å². The molecule has 3 heterocycles. The number of aromatic amines is 3. The van der Waals surface area contributed by atoms with Crippen LogP contribution in [0.4, 0.5) is 0 Å². The maximum Gasteiger partial charge on any atom is 0.326 e. The third-order valence-electron chi connectivity index (χ3n) is 3.81. The lowest BCUT2D eigenvalue weighted by Crippen LogP contribution is -2.41. The summed E-state index contributed by atoms with van der Waals surface area (Å²) in [5.41, 5.74) is -0.254. The number of nitrogens with one attached hydrogen (secondary N) is 3. The van der Waals surface area contributed by atoms with Crippen molar-refractivity contribution in [3.63, 3.8) is 0 Å². The van der Waals surface area contributed by atoms with E-state index in [0.29, 0.717) is 13.1 Å². The first kappa shape index (κ1) is 14.3. The van der Waals surface area contributed by atoms with Crippen LogP contribution in [0.15, 0.2) is 21.9 Å². The largest absolute Gasteiger partial charge is 0.346 e. The average Bonchev–Trinajstić information content (AvgIpc) is 2.92. The van der Waals surface area contributed by atoms with E-state index in [4.69, 9.17) is 0 Å². The van der Waals surface area contributed by atoms with Crippen molar-refractivity contribution in [2.45, 2.75) is 25.7 Å². The molecule has 0 spiro atoms. The van der Waals surface area contributed by atoms with Gasteiger partial charge in [-0.3, -0.25) is 14.6 Å². The van der Waals surface area contributed by atoms with Gasteiger partial charge in [0.2, 0.25) is 0 Å². The molecular weight excluding hydrogens is 286 g/mol. The lowest BCUT2D eigenvalue weighted by molar-refractivity contribution is 0.0698. The zero-order chi connectivity index (χ0) is 15.7. The predicted octanol–water partition coefficient (Wildman–Crippen LogP) is 0.115. The summed E-state index contributed by atoms with van der Waals surface area (Å²) >= 11 is 0. The Labute approximate surface area is 125 Å². The van der Waals surface area contributed by atoms with Crippen LogP contribution in [-0.4, -0.2) is 43.8 Å². The summed E-state index contributed by atoms with van der Waals surface area (Å²) in [5, 5.41) is 0. The second kappa shape index (κ2) is 5.63. The van der Waals surface area contributed by atoms with E-state index in [9.17, 15) is 14.4 Å². The lowest BCUT2D eigenvalue weighted by Gasteiger charge is -2.31. The molecule has 116 valence electrons. The number of rotatable bonds is 2. The highest BCUT2D eigenvalue weighted by Gasteiger charge is 2.27. The zero-order valence-electron chi connectivity index (χ0n) is 12.2. The molecule has 3 rings (SSSR count). The maximum atomic E-state index is 12.5. The van der Waals surface area contributed by atoms with Gasteiger partial charge in [-0.05, 0) is 19.8 Å². The van der Waals surface area contributed by atoms with Crippen molar-refractivity contribution in [2.75, 3.05) is 13.1 Å². The molecule has 0 radical (unpaired) electrons. The van der Waals surface area contributed by atoms with Crippen molar-refractivity contribution < 1.29 is 4.79 Å². The van der Waals surface area contributed by atoms with Gasteiger partial charge in [0.1, 0.15) is 11.5 Å². The number of hydrogen-bond donors (Lipinski definition) is 3. The Balaban J connectivity index is 1.80. The summed E-state index contributed by atoms with van der Waals surface area (Å²) < 4.78 is 0. The van der Waals surface area contributed by atoms with E-state index >= 15 is 0 Å². The third-order valence-corrected chi connectivity index (χ3v) is 3.81. The number of aryl methyl sites for hydroxylation is 1. The van der Waals surface area contributed by atoms with Crippen LogP contribution in [0, 0.1) is 6.92 Å². The number of H-pyrrole nitrogens is 3. The first-order chi connectivity index (χ1) is 10.5. The Morgan fingerprint density at radius 2 is 2.14 bits per heavy atom. The van der Waals surface area contributed by atoms with Crippen LogP contribution in [0.2, 0.25) is 0 Å².